The molecule has 0 unspecified atom stereocenters. The maximum Gasteiger partial charge on any atom is 0.164 e. The van der Waals surface area contributed by atoms with Crippen LogP contribution in [0.15, 0.2) is 18.2 Å². The van der Waals surface area contributed by atoms with Gasteiger partial charge in [0, 0.05) is 17.3 Å². The van der Waals surface area contributed by atoms with Crippen LogP contribution in [0.2, 0.25) is 0 Å². The van der Waals surface area contributed by atoms with Crippen LogP contribution < -0.4 is 5.73 Å². The van der Waals surface area contributed by atoms with Crippen molar-refractivity contribution >= 4 is 5.69 Å². The standard InChI is InChI=1S/C16H22N4/c1-11-14(9-6-10-15(11)17)16-19-18-12(2)20(16)13-7-4-3-5-8-13/h6,9-10,13H,3-5,7-8,17H2,1-2H3. The predicted molar refractivity (Wildman–Crippen MR) is 81.5 cm³/mol. The first-order valence-electron chi connectivity index (χ1n) is 7.45. The van der Waals surface area contributed by atoms with Gasteiger partial charge in [-0.25, -0.2) is 0 Å². The highest BCUT2D eigenvalue weighted by molar-refractivity contribution is 5.68. The molecule has 1 fully saturated rings. The van der Waals surface area contributed by atoms with E-state index in [1.165, 1.54) is 32.1 Å². The molecule has 2 aromatic rings. The average Bonchev–Trinajstić information content (AvgIpc) is 2.84. The SMILES string of the molecule is Cc1c(N)cccc1-c1nnc(C)n1C1CCCCC1. The van der Waals surface area contributed by atoms with Gasteiger partial charge in [-0.05, 0) is 38.3 Å². The molecule has 0 spiro atoms. The van der Waals surface area contributed by atoms with E-state index in [1.807, 2.05) is 19.1 Å². The van der Waals surface area contributed by atoms with Crippen LogP contribution in [-0.4, -0.2) is 14.8 Å². The van der Waals surface area contributed by atoms with Gasteiger partial charge in [-0.2, -0.15) is 0 Å². The quantitative estimate of drug-likeness (QED) is 0.847. The van der Waals surface area contributed by atoms with Crippen molar-refractivity contribution in [1.82, 2.24) is 14.8 Å². The minimum atomic E-state index is 0.537. The van der Waals surface area contributed by atoms with Crippen molar-refractivity contribution in [3.05, 3.63) is 29.6 Å². The summed E-state index contributed by atoms with van der Waals surface area (Å²) in [5.74, 6) is 1.98. The van der Waals surface area contributed by atoms with Crippen molar-refractivity contribution < 1.29 is 0 Å². The van der Waals surface area contributed by atoms with Gasteiger partial charge in [-0.15, -0.1) is 10.2 Å². The molecule has 0 amide bonds. The zero-order valence-electron chi connectivity index (χ0n) is 12.3. The zero-order valence-corrected chi connectivity index (χ0v) is 12.3. The maximum absolute atomic E-state index is 6.04. The van der Waals surface area contributed by atoms with E-state index in [-0.39, 0.29) is 0 Å². The number of aryl methyl sites for hydroxylation is 1. The van der Waals surface area contributed by atoms with Crippen LogP contribution in [0.5, 0.6) is 0 Å². The fraction of sp³-hybridized carbons (Fsp3) is 0.500. The van der Waals surface area contributed by atoms with Gasteiger partial charge < -0.3 is 10.3 Å². The van der Waals surface area contributed by atoms with Gasteiger partial charge in [0.15, 0.2) is 5.82 Å². The number of benzene rings is 1. The number of hydrogen-bond acceptors (Lipinski definition) is 3. The molecule has 2 N–H and O–H groups in total. The van der Waals surface area contributed by atoms with Gasteiger partial charge in [-0.3, -0.25) is 0 Å². The summed E-state index contributed by atoms with van der Waals surface area (Å²) >= 11 is 0. The topological polar surface area (TPSA) is 56.7 Å². The monoisotopic (exact) mass is 270 g/mol. The minimum Gasteiger partial charge on any atom is -0.398 e. The smallest absolute Gasteiger partial charge is 0.164 e. The molecule has 1 aliphatic rings. The van der Waals surface area contributed by atoms with Crippen LogP contribution in [0.3, 0.4) is 0 Å². The fourth-order valence-electron chi connectivity index (χ4n) is 3.23. The lowest BCUT2D eigenvalue weighted by atomic mass is 9.94. The molecule has 0 atom stereocenters. The molecule has 106 valence electrons. The van der Waals surface area contributed by atoms with Crippen LogP contribution in [0.25, 0.3) is 11.4 Å². The molecule has 0 saturated heterocycles. The second-order valence-corrected chi connectivity index (χ2v) is 5.75. The lowest BCUT2D eigenvalue weighted by molar-refractivity contribution is 0.350. The van der Waals surface area contributed by atoms with Crippen LogP contribution in [0, 0.1) is 13.8 Å². The van der Waals surface area contributed by atoms with Crippen LogP contribution in [-0.2, 0) is 0 Å². The van der Waals surface area contributed by atoms with E-state index in [9.17, 15) is 0 Å². The molecule has 0 radical (unpaired) electrons. The molecule has 20 heavy (non-hydrogen) atoms. The number of anilines is 1. The number of rotatable bonds is 2. The van der Waals surface area contributed by atoms with E-state index < -0.39 is 0 Å². The molecular formula is C16H22N4. The minimum absolute atomic E-state index is 0.537. The lowest BCUT2D eigenvalue weighted by Gasteiger charge is -2.25. The normalized spacial score (nSPS) is 16.5. The lowest BCUT2D eigenvalue weighted by Crippen LogP contribution is -2.15. The second-order valence-electron chi connectivity index (χ2n) is 5.75. The molecular weight excluding hydrogens is 248 g/mol. The molecule has 1 saturated carbocycles. The first-order chi connectivity index (χ1) is 9.68. The molecule has 1 heterocycles. The molecule has 0 bridgehead atoms. The Balaban J connectivity index is 2.08. The molecule has 0 aliphatic heterocycles. The molecule has 1 aliphatic carbocycles. The number of aromatic nitrogens is 3. The Bertz CT molecular complexity index is 609. The second kappa shape index (κ2) is 5.27. The molecule has 4 heteroatoms. The van der Waals surface area contributed by atoms with Crippen molar-refractivity contribution in [2.24, 2.45) is 0 Å². The van der Waals surface area contributed by atoms with E-state index in [4.69, 9.17) is 5.73 Å². The summed E-state index contributed by atoms with van der Waals surface area (Å²) < 4.78 is 2.32. The number of nitrogen functional groups attached to an aromatic ring is 1. The summed E-state index contributed by atoms with van der Waals surface area (Å²) in [6.07, 6.45) is 6.42. The van der Waals surface area contributed by atoms with Gasteiger partial charge in [0.25, 0.3) is 0 Å². The third-order valence-electron chi connectivity index (χ3n) is 4.42. The maximum atomic E-state index is 6.04. The van der Waals surface area contributed by atoms with E-state index in [2.05, 4.69) is 27.8 Å². The first kappa shape index (κ1) is 13.2. The third kappa shape index (κ3) is 2.19. The van der Waals surface area contributed by atoms with Crippen molar-refractivity contribution in [1.29, 1.82) is 0 Å². The number of nitrogens with zero attached hydrogens (tertiary/aromatic N) is 3. The van der Waals surface area contributed by atoms with Crippen molar-refractivity contribution in [3.63, 3.8) is 0 Å². The summed E-state index contributed by atoms with van der Waals surface area (Å²) in [6, 6.07) is 6.56. The van der Waals surface area contributed by atoms with E-state index in [1.54, 1.807) is 0 Å². The van der Waals surface area contributed by atoms with Gasteiger partial charge in [0.1, 0.15) is 5.82 Å². The van der Waals surface area contributed by atoms with Crippen molar-refractivity contribution in [2.45, 2.75) is 52.0 Å². The van der Waals surface area contributed by atoms with Gasteiger partial charge in [0.2, 0.25) is 0 Å². The summed E-state index contributed by atoms with van der Waals surface area (Å²) in [5, 5.41) is 8.73. The Kier molecular flexibility index (Phi) is 3.47. The highest BCUT2D eigenvalue weighted by atomic mass is 15.3. The van der Waals surface area contributed by atoms with Gasteiger partial charge in [0.05, 0.1) is 0 Å². The van der Waals surface area contributed by atoms with Crippen LogP contribution in [0.1, 0.15) is 49.5 Å². The van der Waals surface area contributed by atoms with E-state index >= 15 is 0 Å². The Morgan fingerprint density at radius 1 is 1.10 bits per heavy atom. The highest BCUT2D eigenvalue weighted by Gasteiger charge is 2.22. The fourth-order valence-corrected chi connectivity index (χ4v) is 3.23. The first-order valence-corrected chi connectivity index (χ1v) is 7.45. The van der Waals surface area contributed by atoms with Crippen LogP contribution >= 0.6 is 0 Å². The van der Waals surface area contributed by atoms with Crippen molar-refractivity contribution in [2.75, 3.05) is 5.73 Å². The highest BCUT2D eigenvalue weighted by Crippen LogP contribution is 2.34. The van der Waals surface area contributed by atoms with E-state index in [0.717, 1.165) is 28.5 Å². The average molecular weight is 270 g/mol. The van der Waals surface area contributed by atoms with Gasteiger partial charge >= 0.3 is 0 Å². The molecule has 1 aromatic carbocycles. The Morgan fingerprint density at radius 3 is 2.60 bits per heavy atom. The number of nitrogens with two attached hydrogens (primary N) is 1. The summed E-state index contributed by atoms with van der Waals surface area (Å²) in [4.78, 5) is 0. The molecule has 4 nitrogen and oxygen atoms in total. The molecule has 3 rings (SSSR count). The molecule has 1 aromatic heterocycles. The largest absolute Gasteiger partial charge is 0.398 e. The Morgan fingerprint density at radius 2 is 1.85 bits per heavy atom. The van der Waals surface area contributed by atoms with Crippen molar-refractivity contribution in [3.8, 4) is 11.4 Å². The Labute approximate surface area is 120 Å². The predicted octanol–water partition coefficient (Wildman–Crippen LogP) is 3.65. The third-order valence-corrected chi connectivity index (χ3v) is 4.42. The van der Waals surface area contributed by atoms with Crippen LogP contribution in [0.4, 0.5) is 5.69 Å². The number of hydrogen-bond donors (Lipinski definition) is 1. The van der Waals surface area contributed by atoms with E-state index in [0.29, 0.717) is 6.04 Å². The Hall–Kier alpha value is -1.84. The summed E-state index contributed by atoms with van der Waals surface area (Å²) in [7, 11) is 0. The van der Waals surface area contributed by atoms with Gasteiger partial charge in [-0.1, -0.05) is 31.4 Å². The zero-order chi connectivity index (χ0) is 14.1. The summed E-state index contributed by atoms with van der Waals surface area (Å²) in [5.41, 5.74) is 9.06. The summed E-state index contributed by atoms with van der Waals surface area (Å²) in [6.45, 7) is 4.10.